The number of ether oxygens (including phenoxy) is 1. The highest BCUT2D eigenvalue weighted by Crippen LogP contribution is 2.33. The molecule has 0 saturated heterocycles. The second kappa shape index (κ2) is 15.6. The molecule has 38 heavy (non-hydrogen) atoms. The molecule has 0 fully saturated rings. The summed E-state index contributed by atoms with van der Waals surface area (Å²) in [6, 6.07) is 16.2. The van der Waals surface area contributed by atoms with E-state index in [1.807, 2.05) is 50.3 Å². The van der Waals surface area contributed by atoms with Gasteiger partial charge < -0.3 is 9.84 Å². The van der Waals surface area contributed by atoms with Gasteiger partial charge in [0.2, 0.25) is 0 Å². The Bertz CT molecular complexity index is 1130. The molecule has 0 aliphatic heterocycles. The molecular weight excluding hydrogens is 472 g/mol. The normalized spacial score (nSPS) is 13.3. The van der Waals surface area contributed by atoms with Crippen molar-refractivity contribution in [2.45, 2.75) is 78.2 Å². The van der Waals surface area contributed by atoms with Crippen LogP contribution in [0, 0.1) is 0 Å². The first-order valence-corrected chi connectivity index (χ1v) is 13.0. The molecule has 2 unspecified atom stereocenters. The first-order valence-electron chi connectivity index (χ1n) is 13.0. The Hall–Kier alpha value is -3.66. The average Bonchev–Trinajstić information content (AvgIpc) is 2.89. The van der Waals surface area contributed by atoms with Crippen LogP contribution in [0.25, 0.3) is 0 Å². The highest BCUT2D eigenvalue weighted by atomic mass is 16.6. The maximum absolute atomic E-state index is 12.0. The van der Waals surface area contributed by atoms with Gasteiger partial charge in [0.15, 0.2) is 0 Å². The summed E-state index contributed by atoms with van der Waals surface area (Å²) >= 11 is 0. The van der Waals surface area contributed by atoms with Gasteiger partial charge in [0, 0.05) is 5.41 Å². The fourth-order valence-electron chi connectivity index (χ4n) is 3.86. The standard InChI is InChI=1S/2C17H22O2/c1-5-17(4,12-8-9-13(2)3)15-11-7-6-10-14(15)16(18)19;1-5-17(4,13-9-10-14(2)3)19-16(18)15-11-7-6-8-12-15/h5-7,9-11H,1,8,12H2,2-4H3,(H,18,19);5-8,10-12H,1,9,13H2,2-4H3. The number of allylic oxidation sites excluding steroid dienone is 5. The monoisotopic (exact) mass is 516 g/mol. The lowest BCUT2D eigenvalue weighted by Crippen LogP contribution is -2.29. The third kappa shape index (κ3) is 10.8. The third-order valence-electron chi connectivity index (χ3n) is 6.40. The summed E-state index contributed by atoms with van der Waals surface area (Å²) in [5.74, 6) is -1.19. The van der Waals surface area contributed by atoms with Crippen molar-refractivity contribution >= 4 is 11.9 Å². The van der Waals surface area contributed by atoms with Crippen molar-refractivity contribution < 1.29 is 19.4 Å². The zero-order valence-electron chi connectivity index (χ0n) is 23.9. The number of carbonyl (C=O) groups is 2. The Morgan fingerprint density at radius 1 is 0.816 bits per heavy atom. The van der Waals surface area contributed by atoms with Crippen LogP contribution in [0.2, 0.25) is 0 Å². The lowest BCUT2D eigenvalue weighted by Gasteiger charge is -2.27. The highest BCUT2D eigenvalue weighted by molar-refractivity contribution is 5.90. The number of hydrogen-bond acceptors (Lipinski definition) is 3. The Labute approximate surface area is 229 Å². The summed E-state index contributed by atoms with van der Waals surface area (Å²) in [5, 5.41) is 9.29. The Kier molecular flexibility index (Phi) is 13.3. The topological polar surface area (TPSA) is 63.6 Å². The molecule has 1 N–H and O–H groups in total. The maximum atomic E-state index is 12.0. The Balaban J connectivity index is 0.000000380. The minimum absolute atomic E-state index is 0.305. The molecule has 0 aliphatic carbocycles. The summed E-state index contributed by atoms with van der Waals surface area (Å²) in [5.41, 5.74) is 3.36. The summed E-state index contributed by atoms with van der Waals surface area (Å²) < 4.78 is 5.57. The fraction of sp³-hybridized carbons (Fsp3) is 0.353. The molecular formula is C34H44O4. The van der Waals surface area contributed by atoms with E-state index in [1.165, 1.54) is 11.1 Å². The van der Waals surface area contributed by atoms with Gasteiger partial charge in [0.1, 0.15) is 5.60 Å². The van der Waals surface area contributed by atoms with Crippen LogP contribution in [-0.4, -0.2) is 22.6 Å². The van der Waals surface area contributed by atoms with Crippen molar-refractivity contribution in [1.82, 2.24) is 0 Å². The number of carbonyl (C=O) groups excluding carboxylic acids is 1. The van der Waals surface area contributed by atoms with Gasteiger partial charge in [-0.2, -0.15) is 0 Å². The molecule has 0 heterocycles. The minimum Gasteiger partial charge on any atom is -0.478 e. The second-order valence-electron chi connectivity index (χ2n) is 10.4. The minimum atomic E-state index is -0.883. The summed E-state index contributed by atoms with van der Waals surface area (Å²) in [4.78, 5) is 23.4. The van der Waals surface area contributed by atoms with Crippen molar-refractivity contribution in [3.63, 3.8) is 0 Å². The van der Waals surface area contributed by atoms with Crippen LogP contribution in [0.5, 0.6) is 0 Å². The Morgan fingerprint density at radius 2 is 1.34 bits per heavy atom. The third-order valence-corrected chi connectivity index (χ3v) is 6.40. The van der Waals surface area contributed by atoms with Crippen LogP contribution in [-0.2, 0) is 10.2 Å². The smallest absolute Gasteiger partial charge is 0.338 e. The largest absolute Gasteiger partial charge is 0.478 e. The number of esters is 1. The van der Waals surface area contributed by atoms with Crippen molar-refractivity contribution in [3.8, 4) is 0 Å². The number of aromatic carboxylic acids is 1. The van der Waals surface area contributed by atoms with Crippen LogP contribution in [0.15, 0.2) is 103 Å². The molecule has 2 aromatic rings. The SMILES string of the molecule is C=CC(C)(CCC=C(C)C)OC(=O)c1ccccc1.C=CC(C)(CCC=C(C)C)c1ccccc1C(=O)O. The highest BCUT2D eigenvalue weighted by Gasteiger charge is 2.27. The zero-order chi connectivity index (χ0) is 28.8. The summed E-state index contributed by atoms with van der Waals surface area (Å²) in [6.07, 6.45) is 11.2. The van der Waals surface area contributed by atoms with Gasteiger partial charge in [-0.1, -0.05) is 79.3 Å². The molecule has 4 nitrogen and oxygen atoms in total. The molecule has 0 aromatic heterocycles. The molecule has 2 aromatic carbocycles. The quantitative estimate of drug-likeness (QED) is 0.226. The average molecular weight is 517 g/mol. The molecule has 2 rings (SSSR count). The molecule has 0 bridgehead atoms. The molecule has 4 heteroatoms. The van der Waals surface area contributed by atoms with E-state index in [1.54, 1.807) is 30.3 Å². The van der Waals surface area contributed by atoms with E-state index in [0.29, 0.717) is 11.1 Å². The number of benzene rings is 2. The predicted octanol–water partition coefficient (Wildman–Crippen LogP) is 9.11. The van der Waals surface area contributed by atoms with Crippen LogP contribution in [0.3, 0.4) is 0 Å². The van der Waals surface area contributed by atoms with Crippen LogP contribution in [0.4, 0.5) is 0 Å². The van der Waals surface area contributed by atoms with Gasteiger partial charge in [-0.05, 0) is 90.1 Å². The van der Waals surface area contributed by atoms with E-state index >= 15 is 0 Å². The zero-order valence-corrected chi connectivity index (χ0v) is 23.9. The van der Waals surface area contributed by atoms with E-state index in [-0.39, 0.29) is 11.4 Å². The lowest BCUT2D eigenvalue weighted by atomic mass is 9.76. The molecule has 0 radical (unpaired) electrons. The summed E-state index contributed by atoms with van der Waals surface area (Å²) in [6.45, 7) is 19.8. The number of carboxylic acids is 1. The van der Waals surface area contributed by atoms with Gasteiger partial charge in [0.25, 0.3) is 0 Å². The first kappa shape index (κ1) is 32.4. The fourth-order valence-corrected chi connectivity index (χ4v) is 3.86. The number of hydrogen-bond donors (Lipinski definition) is 1. The van der Waals surface area contributed by atoms with Crippen molar-refractivity contribution in [3.05, 3.63) is 120 Å². The van der Waals surface area contributed by atoms with E-state index in [4.69, 9.17) is 4.74 Å². The maximum Gasteiger partial charge on any atom is 0.338 e. The first-order chi connectivity index (χ1) is 17.9. The number of rotatable bonds is 12. The van der Waals surface area contributed by atoms with Crippen LogP contribution < -0.4 is 0 Å². The Morgan fingerprint density at radius 3 is 1.84 bits per heavy atom. The van der Waals surface area contributed by atoms with Crippen molar-refractivity contribution in [2.24, 2.45) is 0 Å². The van der Waals surface area contributed by atoms with Gasteiger partial charge in [0.05, 0.1) is 11.1 Å². The molecule has 0 saturated carbocycles. The van der Waals surface area contributed by atoms with E-state index in [9.17, 15) is 14.7 Å². The van der Waals surface area contributed by atoms with E-state index in [2.05, 4.69) is 53.0 Å². The predicted molar refractivity (Wildman–Crippen MR) is 159 cm³/mol. The molecule has 0 aliphatic rings. The van der Waals surface area contributed by atoms with Crippen molar-refractivity contribution in [2.75, 3.05) is 0 Å². The van der Waals surface area contributed by atoms with Crippen molar-refractivity contribution in [1.29, 1.82) is 0 Å². The van der Waals surface area contributed by atoms with Gasteiger partial charge in [-0.25, -0.2) is 9.59 Å². The van der Waals surface area contributed by atoms with Crippen LogP contribution >= 0.6 is 0 Å². The molecule has 204 valence electrons. The van der Waals surface area contributed by atoms with Gasteiger partial charge in [-0.15, -0.1) is 6.58 Å². The lowest BCUT2D eigenvalue weighted by molar-refractivity contribution is 0.00833. The molecule has 0 amide bonds. The van der Waals surface area contributed by atoms with E-state index < -0.39 is 11.6 Å². The van der Waals surface area contributed by atoms with Gasteiger partial charge >= 0.3 is 11.9 Å². The summed E-state index contributed by atoms with van der Waals surface area (Å²) in [7, 11) is 0. The van der Waals surface area contributed by atoms with E-state index in [0.717, 1.165) is 31.2 Å². The van der Waals surface area contributed by atoms with Gasteiger partial charge in [-0.3, -0.25) is 0 Å². The second-order valence-corrected chi connectivity index (χ2v) is 10.4. The molecule has 0 spiro atoms. The van der Waals surface area contributed by atoms with Crippen LogP contribution in [0.1, 0.15) is 93.5 Å². The molecule has 2 atom stereocenters. The number of carboxylic acid groups (broad SMARTS) is 1.